The first-order chi connectivity index (χ1) is 9.74. The molecule has 2 heteroatoms. The topological polar surface area (TPSA) is 17.8 Å². The third kappa shape index (κ3) is 2.50. The van der Waals surface area contributed by atoms with Crippen LogP contribution in [0.5, 0.6) is 0 Å². The second kappa shape index (κ2) is 5.33. The third-order valence-electron chi connectivity index (χ3n) is 3.61. The SMILES string of the molecule is Cc1ccc(C)n1Cc1cccc(-c2ccccc2)n1. The Hall–Kier alpha value is -2.35. The largest absolute Gasteiger partial charge is 0.343 e. The molecule has 0 radical (unpaired) electrons. The normalized spacial score (nSPS) is 10.7. The van der Waals surface area contributed by atoms with Gasteiger partial charge in [-0.25, -0.2) is 0 Å². The fraction of sp³-hybridized carbons (Fsp3) is 0.167. The molecule has 100 valence electrons. The molecule has 2 nitrogen and oxygen atoms in total. The molecule has 1 aromatic carbocycles. The Balaban J connectivity index is 1.93. The van der Waals surface area contributed by atoms with E-state index in [2.05, 4.69) is 60.9 Å². The van der Waals surface area contributed by atoms with Crippen LogP contribution in [0.2, 0.25) is 0 Å². The summed E-state index contributed by atoms with van der Waals surface area (Å²) in [4.78, 5) is 4.78. The highest BCUT2D eigenvalue weighted by Gasteiger charge is 2.05. The van der Waals surface area contributed by atoms with E-state index in [0.29, 0.717) is 0 Å². The zero-order valence-electron chi connectivity index (χ0n) is 11.9. The first-order valence-electron chi connectivity index (χ1n) is 6.88. The van der Waals surface area contributed by atoms with Gasteiger partial charge in [0.2, 0.25) is 0 Å². The summed E-state index contributed by atoms with van der Waals surface area (Å²) in [6, 6.07) is 20.8. The summed E-state index contributed by atoms with van der Waals surface area (Å²) in [6.45, 7) is 5.09. The van der Waals surface area contributed by atoms with Crippen LogP contribution in [0.15, 0.2) is 60.7 Å². The van der Waals surface area contributed by atoms with Gasteiger partial charge < -0.3 is 4.57 Å². The Morgan fingerprint density at radius 2 is 1.50 bits per heavy atom. The minimum atomic E-state index is 0.825. The molecule has 2 heterocycles. The Morgan fingerprint density at radius 1 is 0.800 bits per heavy atom. The van der Waals surface area contributed by atoms with Crippen molar-refractivity contribution in [2.75, 3.05) is 0 Å². The highest BCUT2D eigenvalue weighted by atomic mass is 15.0. The molecule has 20 heavy (non-hydrogen) atoms. The standard InChI is InChI=1S/C18H18N2/c1-14-11-12-15(2)20(14)13-17-9-6-10-18(19-17)16-7-4-3-5-8-16/h3-12H,13H2,1-2H3. The van der Waals surface area contributed by atoms with Crippen molar-refractivity contribution in [3.05, 3.63) is 77.7 Å². The van der Waals surface area contributed by atoms with Crippen molar-refractivity contribution in [3.63, 3.8) is 0 Å². The molecule has 0 aliphatic heterocycles. The van der Waals surface area contributed by atoms with E-state index in [9.17, 15) is 0 Å². The molecule has 0 N–H and O–H groups in total. The molecule has 3 aromatic rings. The molecule has 0 aliphatic rings. The van der Waals surface area contributed by atoms with E-state index in [1.807, 2.05) is 18.2 Å². The molecule has 0 atom stereocenters. The van der Waals surface area contributed by atoms with Crippen LogP contribution in [0.3, 0.4) is 0 Å². The molecule has 0 fully saturated rings. The zero-order chi connectivity index (χ0) is 13.9. The van der Waals surface area contributed by atoms with Gasteiger partial charge in [-0.3, -0.25) is 4.98 Å². The van der Waals surface area contributed by atoms with E-state index in [4.69, 9.17) is 4.98 Å². The monoisotopic (exact) mass is 262 g/mol. The van der Waals surface area contributed by atoms with Gasteiger partial charge in [0.1, 0.15) is 0 Å². The van der Waals surface area contributed by atoms with Gasteiger partial charge in [0, 0.05) is 17.0 Å². The van der Waals surface area contributed by atoms with Crippen LogP contribution in [0.1, 0.15) is 17.1 Å². The lowest BCUT2D eigenvalue weighted by molar-refractivity contribution is 0.731. The average molecular weight is 262 g/mol. The van der Waals surface area contributed by atoms with Crippen molar-refractivity contribution in [2.24, 2.45) is 0 Å². The van der Waals surface area contributed by atoms with Crippen molar-refractivity contribution in [1.82, 2.24) is 9.55 Å². The number of pyridine rings is 1. The molecule has 0 amide bonds. The summed E-state index contributed by atoms with van der Waals surface area (Å²) in [5.41, 5.74) is 5.83. The summed E-state index contributed by atoms with van der Waals surface area (Å²) in [6.07, 6.45) is 0. The molecule has 0 unspecified atom stereocenters. The maximum absolute atomic E-state index is 4.78. The van der Waals surface area contributed by atoms with E-state index in [1.165, 1.54) is 11.4 Å². The average Bonchev–Trinajstić information content (AvgIpc) is 2.80. The number of aryl methyl sites for hydroxylation is 2. The van der Waals surface area contributed by atoms with Gasteiger partial charge in [0.15, 0.2) is 0 Å². The molecule has 0 saturated heterocycles. The number of benzene rings is 1. The quantitative estimate of drug-likeness (QED) is 0.691. The van der Waals surface area contributed by atoms with Crippen molar-refractivity contribution < 1.29 is 0 Å². The molecule has 0 aliphatic carbocycles. The second-order valence-corrected chi connectivity index (χ2v) is 5.08. The molecular formula is C18H18N2. The van der Waals surface area contributed by atoms with Crippen LogP contribution in [0.4, 0.5) is 0 Å². The number of rotatable bonds is 3. The van der Waals surface area contributed by atoms with Crippen molar-refractivity contribution in [2.45, 2.75) is 20.4 Å². The van der Waals surface area contributed by atoms with Crippen LogP contribution in [-0.2, 0) is 6.54 Å². The molecular weight excluding hydrogens is 244 g/mol. The lowest BCUT2D eigenvalue weighted by Gasteiger charge is -2.10. The number of nitrogens with zero attached hydrogens (tertiary/aromatic N) is 2. The van der Waals surface area contributed by atoms with Gasteiger partial charge in [-0.05, 0) is 38.1 Å². The summed E-state index contributed by atoms with van der Waals surface area (Å²) in [5.74, 6) is 0. The highest BCUT2D eigenvalue weighted by molar-refractivity contribution is 5.58. The minimum absolute atomic E-state index is 0.825. The lowest BCUT2D eigenvalue weighted by atomic mass is 10.1. The smallest absolute Gasteiger partial charge is 0.0706 e. The van der Waals surface area contributed by atoms with Crippen molar-refractivity contribution >= 4 is 0 Å². The van der Waals surface area contributed by atoms with Gasteiger partial charge >= 0.3 is 0 Å². The Morgan fingerprint density at radius 3 is 2.20 bits per heavy atom. The van der Waals surface area contributed by atoms with Gasteiger partial charge in [-0.1, -0.05) is 36.4 Å². The first kappa shape index (κ1) is 12.7. The van der Waals surface area contributed by atoms with Gasteiger partial charge in [0.05, 0.1) is 17.9 Å². The highest BCUT2D eigenvalue weighted by Crippen LogP contribution is 2.17. The number of aromatic nitrogens is 2. The van der Waals surface area contributed by atoms with Crippen LogP contribution in [0.25, 0.3) is 11.3 Å². The van der Waals surface area contributed by atoms with E-state index < -0.39 is 0 Å². The van der Waals surface area contributed by atoms with E-state index in [-0.39, 0.29) is 0 Å². The molecule has 0 bridgehead atoms. The second-order valence-electron chi connectivity index (χ2n) is 5.08. The van der Waals surface area contributed by atoms with Gasteiger partial charge in [-0.15, -0.1) is 0 Å². The van der Waals surface area contributed by atoms with Crippen molar-refractivity contribution in [3.8, 4) is 11.3 Å². The number of hydrogen-bond acceptors (Lipinski definition) is 1. The third-order valence-corrected chi connectivity index (χ3v) is 3.61. The minimum Gasteiger partial charge on any atom is -0.343 e. The Bertz CT molecular complexity index is 692. The van der Waals surface area contributed by atoms with Crippen LogP contribution >= 0.6 is 0 Å². The van der Waals surface area contributed by atoms with E-state index in [0.717, 1.165) is 23.5 Å². The fourth-order valence-corrected chi connectivity index (χ4v) is 2.45. The van der Waals surface area contributed by atoms with Gasteiger partial charge in [0.25, 0.3) is 0 Å². The van der Waals surface area contributed by atoms with Crippen LogP contribution in [0, 0.1) is 13.8 Å². The zero-order valence-corrected chi connectivity index (χ0v) is 11.9. The lowest BCUT2D eigenvalue weighted by Crippen LogP contribution is -2.05. The molecule has 0 spiro atoms. The predicted octanol–water partition coefficient (Wildman–Crippen LogP) is 4.22. The Labute approximate surface area is 119 Å². The molecule has 0 saturated carbocycles. The summed E-state index contributed by atoms with van der Waals surface area (Å²) >= 11 is 0. The molecule has 3 rings (SSSR count). The fourth-order valence-electron chi connectivity index (χ4n) is 2.45. The predicted molar refractivity (Wildman–Crippen MR) is 82.7 cm³/mol. The maximum Gasteiger partial charge on any atom is 0.0706 e. The summed E-state index contributed by atoms with van der Waals surface area (Å²) in [7, 11) is 0. The Kier molecular flexibility index (Phi) is 3.38. The van der Waals surface area contributed by atoms with Crippen LogP contribution < -0.4 is 0 Å². The van der Waals surface area contributed by atoms with Crippen molar-refractivity contribution in [1.29, 1.82) is 0 Å². The van der Waals surface area contributed by atoms with Gasteiger partial charge in [-0.2, -0.15) is 0 Å². The summed E-state index contributed by atoms with van der Waals surface area (Å²) in [5, 5.41) is 0. The maximum atomic E-state index is 4.78. The van der Waals surface area contributed by atoms with E-state index in [1.54, 1.807) is 0 Å². The summed E-state index contributed by atoms with van der Waals surface area (Å²) < 4.78 is 2.29. The first-order valence-corrected chi connectivity index (χ1v) is 6.88. The molecule has 2 aromatic heterocycles. The van der Waals surface area contributed by atoms with E-state index >= 15 is 0 Å². The number of hydrogen-bond donors (Lipinski definition) is 0. The van der Waals surface area contributed by atoms with Crippen LogP contribution in [-0.4, -0.2) is 9.55 Å².